The van der Waals surface area contributed by atoms with E-state index in [0.29, 0.717) is 25.8 Å². The summed E-state index contributed by atoms with van der Waals surface area (Å²) in [7, 11) is -3.43. The van der Waals surface area contributed by atoms with Gasteiger partial charge in [0.1, 0.15) is 0 Å². The third-order valence-corrected chi connectivity index (χ3v) is 3.45. The Balaban J connectivity index is 2.18. The molecule has 5 N–H and O–H groups in total. The Hall–Kier alpha value is -0.660. The van der Waals surface area contributed by atoms with Crippen LogP contribution in [0.25, 0.3) is 0 Å². The zero-order valence-corrected chi connectivity index (χ0v) is 9.35. The minimum absolute atomic E-state index is 0.120. The standard InChI is InChI=1S/C8H17N3O3S/c9-8(3-1-4-8)7(12)11-5-2-6-15(10,13)14/h1-6,9H2,(H,11,12)(H2,10,13,14). The molecule has 1 amide bonds. The van der Waals surface area contributed by atoms with Crippen molar-refractivity contribution >= 4 is 15.9 Å². The number of nitrogens with two attached hydrogens (primary N) is 2. The van der Waals surface area contributed by atoms with Gasteiger partial charge in [0.05, 0.1) is 11.3 Å². The SMILES string of the molecule is NC1(C(=O)NCCCS(N)(=O)=O)CCC1. The number of hydrogen-bond donors (Lipinski definition) is 3. The smallest absolute Gasteiger partial charge is 0.240 e. The van der Waals surface area contributed by atoms with Gasteiger partial charge in [-0.05, 0) is 25.7 Å². The van der Waals surface area contributed by atoms with E-state index in [1.807, 2.05) is 0 Å². The summed E-state index contributed by atoms with van der Waals surface area (Å²) in [6.45, 7) is 0.300. The molecule has 1 fully saturated rings. The van der Waals surface area contributed by atoms with Crippen LogP contribution in [0.2, 0.25) is 0 Å². The molecule has 15 heavy (non-hydrogen) atoms. The Morgan fingerprint density at radius 2 is 2.00 bits per heavy atom. The van der Waals surface area contributed by atoms with Gasteiger partial charge in [-0.1, -0.05) is 0 Å². The third-order valence-electron chi connectivity index (χ3n) is 2.59. The zero-order valence-electron chi connectivity index (χ0n) is 8.53. The highest BCUT2D eigenvalue weighted by Gasteiger charge is 2.39. The fourth-order valence-electron chi connectivity index (χ4n) is 1.44. The maximum atomic E-state index is 11.5. The molecule has 0 unspecified atom stereocenters. The molecule has 0 aromatic rings. The summed E-state index contributed by atoms with van der Waals surface area (Å²) in [6.07, 6.45) is 2.70. The van der Waals surface area contributed by atoms with Gasteiger partial charge in [0, 0.05) is 6.54 Å². The number of amides is 1. The van der Waals surface area contributed by atoms with Crippen LogP contribution < -0.4 is 16.2 Å². The third kappa shape index (κ3) is 3.77. The molecule has 0 bridgehead atoms. The van der Waals surface area contributed by atoms with Crippen LogP contribution >= 0.6 is 0 Å². The summed E-state index contributed by atoms with van der Waals surface area (Å²) >= 11 is 0. The van der Waals surface area contributed by atoms with Gasteiger partial charge in [0.15, 0.2) is 0 Å². The summed E-state index contributed by atoms with van der Waals surface area (Å²) < 4.78 is 21.2. The average Bonchev–Trinajstić information content (AvgIpc) is 2.06. The van der Waals surface area contributed by atoms with E-state index in [1.165, 1.54) is 0 Å². The lowest BCUT2D eigenvalue weighted by Crippen LogP contribution is -2.58. The lowest BCUT2D eigenvalue weighted by Gasteiger charge is -2.36. The first-order valence-electron chi connectivity index (χ1n) is 4.91. The molecule has 0 saturated heterocycles. The molecule has 88 valence electrons. The number of hydrogen-bond acceptors (Lipinski definition) is 4. The van der Waals surface area contributed by atoms with E-state index in [-0.39, 0.29) is 11.7 Å². The number of nitrogens with one attached hydrogen (secondary N) is 1. The molecule has 0 aromatic heterocycles. The van der Waals surface area contributed by atoms with Crippen LogP contribution in [0.15, 0.2) is 0 Å². The van der Waals surface area contributed by atoms with Gasteiger partial charge in [-0.25, -0.2) is 13.6 Å². The quantitative estimate of drug-likeness (QED) is 0.511. The van der Waals surface area contributed by atoms with Crippen molar-refractivity contribution in [2.24, 2.45) is 10.9 Å². The molecule has 1 aliphatic carbocycles. The molecular formula is C8H17N3O3S. The van der Waals surface area contributed by atoms with Gasteiger partial charge < -0.3 is 11.1 Å². The van der Waals surface area contributed by atoms with E-state index in [9.17, 15) is 13.2 Å². The van der Waals surface area contributed by atoms with Gasteiger partial charge in [-0.15, -0.1) is 0 Å². The van der Waals surface area contributed by atoms with Crippen LogP contribution in [-0.2, 0) is 14.8 Å². The van der Waals surface area contributed by atoms with Gasteiger partial charge in [-0.2, -0.15) is 0 Å². The highest BCUT2D eigenvalue weighted by atomic mass is 32.2. The highest BCUT2D eigenvalue weighted by Crippen LogP contribution is 2.28. The number of sulfonamides is 1. The van der Waals surface area contributed by atoms with Crippen molar-refractivity contribution in [3.63, 3.8) is 0 Å². The normalized spacial score (nSPS) is 19.3. The first-order valence-corrected chi connectivity index (χ1v) is 6.63. The van der Waals surface area contributed by atoms with E-state index in [1.54, 1.807) is 0 Å². The van der Waals surface area contributed by atoms with Gasteiger partial charge in [0.25, 0.3) is 0 Å². The summed E-state index contributed by atoms with van der Waals surface area (Å²) in [5.74, 6) is -0.312. The van der Waals surface area contributed by atoms with Crippen LogP contribution in [0.3, 0.4) is 0 Å². The topological polar surface area (TPSA) is 115 Å². The van der Waals surface area contributed by atoms with Crippen LogP contribution in [0, 0.1) is 0 Å². The van der Waals surface area contributed by atoms with Crippen molar-refractivity contribution in [3.8, 4) is 0 Å². The van der Waals surface area contributed by atoms with Crippen molar-refractivity contribution in [2.45, 2.75) is 31.2 Å². The second kappa shape index (κ2) is 4.46. The lowest BCUT2D eigenvalue weighted by molar-refractivity contribution is -0.129. The maximum Gasteiger partial charge on any atom is 0.240 e. The van der Waals surface area contributed by atoms with Crippen molar-refractivity contribution in [2.75, 3.05) is 12.3 Å². The molecule has 1 aliphatic rings. The van der Waals surface area contributed by atoms with Gasteiger partial charge in [-0.3, -0.25) is 4.79 Å². The monoisotopic (exact) mass is 235 g/mol. The Morgan fingerprint density at radius 1 is 1.40 bits per heavy atom. The van der Waals surface area contributed by atoms with Crippen LogP contribution in [0.4, 0.5) is 0 Å². The Kier molecular flexibility index (Phi) is 3.69. The predicted octanol–water partition coefficient (Wildman–Crippen LogP) is -1.34. The van der Waals surface area contributed by atoms with Crippen LogP contribution in [0.5, 0.6) is 0 Å². The molecule has 1 rings (SSSR count). The minimum atomic E-state index is -3.43. The fraction of sp³-hybridized carbons (Fsp3) is 0.875. The zero-order chi connectivity index (χ0) is 11.5. The number of primary sulfonamides is 1. The van der Waals surface area contributed by atoms with Crippen molar-refractivity contribution in [1.82, 2.24) is 5.32 Å². The average molecular weight is 235 g/mol. The molecule has 7 heteroatoms. The van der Waals surface area contributed by atoms with Crippen LogP contribution in [-0.4, -0.2) is 32.2 Å². The maximum absolute atomic E-state index is 11.5. The van der Waals surface area contributed by atoms with Gasteiger partial charge >= 0.3 is 0 Å². The number of carbonyl (C=O) groups excluding carboxylic acids is 1. The second-order valence-electron chi connectivity index (χ2n) is 3.99. The predicted molar refractivity (Wildman–Crippen MR) is 56.4 cm³/mol. The first kappa shape index (κ1) is 12.4. The summed E-state index contributed by atoms with van der Waals surface area (Å²) in [6, 6.07) is 0. The molecule has 0 heterocycles. The molecule has 0 radical (unpaired) electrons. The Bertz CT molecular complexity index is 335. The Labute approximate surface area is 89.4 Å². The largest absolute Gasteiger partial charge is 0.354 e. The molecule has 6 nitrogen and oxygen atoms in total. The second-order valence-corrected chi connectivity index (χ2v) is 5.72. The lowest BCUT2D eigenvalue weighted by atomic mass is 9.77. The number of carbonyl (C=O) groups is 1. The molecule has 0 spiro atoms. The van der Waals surface area contributed by atoms with Crippen molar-refractivity contribution in [1.29, 1.82) is 0 Å². The first-order chi connectivity index (χ1) is 6.83. The number of rotatable bonds is 5. The summed E-state index contributed by atoms with van der Waals surface area (Å²) in [4.78, 5) is 11.5. The molecular weight excluding hydrogens is 218 g/mol. The van der Waals surface area contributed by atoms with E-state index in [4.69, 9.17) is 10.9 Å². The fourth-order valence-corrected chi connectivity index (χ4v) is 1.98. The van der Waals surface area contributed by atoms with E-state index in [0.717, 1.165) is 6.42 Å². The molecule has 0 aromatic carbocycles. The molecule has 0 aliphatic heterocycles. The van der Waals surface area contributed by atoms with Gasteiger partial charge in [0.2, 0.25) is 15.9 Å². The Morgan fingerprint density at radius 3 is 2.40 bits per heavy atom. The summed E-state index contributed by atoms with van der Waals surface area (Å²) in [5.41, 5.74) is 5.04. The van der Waals surface area contributed by atoms with E-state index >= 15 is 0 Å². The van der Waals surface area contributed by atoms with E-state index < -0.39 is 15.6 Å². The van der Waals surface area contributed by atoms with E-state index in [2.05, 4.69) is 5.32 Å². The van der Waals surface area contributed by atoms with Crippen LogP contribution in [0.1, 0.15) is 25.7 Å². The molecule has 0 atom stereocenters. The summed E-state index contributed by atoms with van der Waals surface area (Å²) in [5, 5.41) is 7.42. The molecule has 1 saturated carbocycles. The highest BCUT2D eigenvalue weighted by molar-refractivity contribution is 7.89. The van der Waals surface area contributed by atoms with Crippen molar-refractivity contribution in [3.05, 3.63) is 0 Å². The van der Waals surface area contributed by atoms with Crippen molar-refractivity contribution < 1.29 is 13.2 Å². The minimum Gasteiger partial charge on any atom is -0.354 e.